The number of nitro benzene ring substituents is 1. The van der Waals surface area contributed by atoms with Crippen molar-refractivity contribution >= 4 is 38.8 Å². The van der Waals surface area contributed by atoms with Gasteiger partial charge in [0.25, 0.3) is 11.6 Å². The normalized spacial score (nSPS) is 19.4. The van der Waals surface area contributed by atoms with Crippen LogP contribution in [-0.2, 0) is 4.79 Å². The summed E-state index contributed by atoms with van der Waals surface area (Å²) in [5.74, 6) is 0.243. The fourth-order valence-electron chi connectivity index (χ4n) is 3.72. The van der Waals surface area contributed by atoms with Gasteiger partial charge in [0, 0.05) is 17.8 Å². The van der Waals surface area contributed by atoms with Gasteiger partial charge in [-0.3, -0.25) is 14.9 Å². The van der Waals surface area contributed by atoms with Crippen LogP contribution in [0.5, 0.6) is 0 Å². The maximum Gasteiger partial charge on any atom is 0.279 e. The molecule has 144 valence electrons. The van der Waals surface area contributed by atoms with E-state index in [2.05, 4.69) is 11.4 Å². The maximum absolute atomic E-state index is 12.4. The zero-order chi connectivity index (χ0) is 19.5. The van der Waals surface area contributed by atoms with E-state index in [0.717, 1.165) is 36.5 Å². The first-order valence-electron chi connectivity index (χ1n) is 9.32. The van der Waals surface area contributed by atoms with Crippen LogP contribution in [-0.4, -0.2) is 35.4 Å². The average molecular weight is 397 g/mol. The molecule has 2 N–H and O–H groups in total. The van der Waals surface area contributed by atoms with E-state index in [1.807, 2.05) is 18.2 Å². The fraction of sp³-hybridized carbons (Fsp3) is 0.300. The second kappa shape index (κ2) is 8.04. The minimum absolute atomic E-state index is 0.0287. The molecule has 0 spiro atoms. The number of quaternary nitrogens is 1. The molecule has 0 bridgehead atoms. The molecule has 8 heteroatoms. The summed E-state index contributed by atoms with van der Waals surface area (Å²) in [7, 11) is 0. The van der Waals surface area contributed by atoms with Crippen molar-refractivity contribution in [3.63, 3.8) is 0 Å². The Morgan fingerprint density at radius 1 is 1.29 bits per heavy atom. The molecule has 7 nitrogen and oxygen atoms in total. The lowest BCUT2D eigenvalue weighted by molar-refractivity contribution is -0.898. The number of nitro groups is 1. The largest absolute Gasteiger partial charge is 0.327 e. The standard InChI is InChI=1S/C20H20N4O3S/c25-19(21-15-6-3-7-16(11-15)24(26)27)13-23-10-4-5-14(12-23)20-22-17-8-1-2-9-18(17)28-20/h1-3,6-9,11,14H,4-5,10,12-13H2,(H,21,25)/p+1/t14-/m0/s1. The average Bonchev–Trinajstić information content (AvgIpc) is 3.12. The molecule has 2 aromatic carbocycles. The van der Waals surface area contributed by atoms with Gasteiger partial charge in [-0.05, 0) is 31.0 Å². The first kappa shape index (κ1) is 18.5. The SMILES string of the molecule is O=C(C[NH+]1CCC[C@H](c2nc3ccccc3s2)C1)Nc1cccc([N+](=O)[O-])c1. The van der Waals surface area contributed by atoms with Crippen molar-refractivity contribution in [2.24, 2.45) is 0 Å². The smallest absolute Gasteiger partial charge is 0.279 e. The molecular formula is C20H21N4O3S+. The van der Waals surface area contributed by atoms with Crippen LogP contribution < -0.4 is 10.2 Å². The van der Waals surface area contributed by atoms with Crippen LogP contribution in [0.1, 0.15) is 23.8 Å². The number of carbonyl (C=O) groups is 1. The molecule has 1 unspecified atom stereocenters. The van der Waals surface area contributed by atoms with Gasteiger partial charge in [0.2, 0.25) is 0 Å². The summed E-state index contributed by atoms with van der Waals surface area (Å²) < 4.78 is 1.20. The minimum Gasteiger partial charge on any atom is -0.327 e. The summed E-state index contributed by atoms with van der Waals surface area (Å²) in [5.41, 5.74) is 1.47. The zero-order valence-electron chi connectivity index (χ0n) is 15.3. The van der Waals surface area contributed by atoms with Crippen molar-refractivity contribution < 1.29 is 14.6 Å². The predicted octanol–water partition coefficient (Wildman–Crippen LogP) is 2.61. The number of non-ortho nitro benzene ring substituents is 1. The van der Waals surface area contributed by atoms with Gasteiger partial charge in [0.1, 0.15) is 5.01 Å². The third-order valence-corrected chi connectivity index (χ3v) is 6.23. The number of aromatic nitrogens is 1. The number of rotatable bonds is 5. The van der Waals surface area contributed by atoms with Gasteiger partial charge in [0.15, 0.2) is 6.54 Å². The van der Waals surface area contributed by atoms with Crippen molar-refractivity contribution in [3.8, 4) is 0 Å². The molecule has 1 amide bonds. The van der Waals surface area contributed by atoms with Crippen molar-refractivity contribution in [2.75, 3.05) is 25.0 Å². The predicted molar refractivity (Wildman–Crippen MR) is 109 cm³/mol. The Balaban J connectivity index is 1.38. The Morgan fingerprint density at radius 2 is 2.14 bits per heavy atom. The molecule has 1 aliphatic rings. The van der Waals surface area contributed by atoms with Crippen LogP contribution in [0, 0.1) is 10.1 Å². The number of para-hydroxylation sites is 1. The van der Waals surface area contributed by atoms with Crippen molar-refractivity contribution in [1.82, 2.24) is 4.98 Å². The number of piperidine rings is 1. The Bertz CT molecular complexity index is 986. The van der Waals surface area contributed by atoms with Gasteiger partial charge in [0.05, 0.1) is 34.1 Å². The van der Waals surface area contributed by atoms with Crippen LogP contribution in [0.25, 0.3) is 10.2 Å². The van der Waals surface area contributed by atoms with Crippen molar-refractivity contribution in [3.05, 3.63) is 63.7 Å². The number of fused-ring (bicyclic) bond motifs is 1. The second-order valence-corrected chi connectivity index (χ2v) is 8.16. The van der Waals surface area contributed by atoms with Crippen LogP contribution in [0.15, 0.2) is 48.5 Å². The van der Waals surface area contributed by atoms with Gasteiger partial charge < -0.3 is 10.2 Å². The van der Waals surface area contributed by atoms with Crippen LogP contribution in [0.4, 0.5) is 11.4 Å². The van der Waals surface area contributed by atoms with E-state index >= 15 is 0 Å². The summed E-state index contributed by atoms with van der Waals surface area (Å²) in [5, 5.41) is 14.8. The number of carbonyl (C=O) groups excluding carboxylic acids is 1. The Labute approximate surface area is 166 Å². The monoisotopic (exact) mass is 397 g/mol. The third-order valence-electron chi connectivity index (χ3n) is 5.03. The number of hydrogen-bond acceptors (Lipinski definition) is 5. The Kier molecular flexibility index (Phi) is 5.31. The topological polar surface area (TPSA) is 89.6 Å². The van der Waals surface area contributed by atoms with Crippen LogP contribution in [0.2, 0.25) is 0 Å². The molecular weight excluding hydrogens is 376 g/mol. The summed E-state index contributed by atoms with van der Waals surface area (Å²) >= 11 is 1.74. The van der Waals surface area contributed by atoms with E-state index in [9.17, 15) is 14.9 Å². The number of benzene rings is 2. The Hall–Kier alpha value is -2.84. The van der Waals surface area contributed by atoms with E-state index in [1.165, 1.54) is 21.7 Å². The summed E-state index contributed by atoms with van der Waals surface area (Å²) in [6.45, 7) is 2.18. The van der Waals surface area contributed by atoms with Crippen LogP contribution >= 0.6 is 11.3 Å². The molecule has 0 saturated carbocycles. The molecule has 1 saturated heterocycles. The highest BCUT2D eigenvalue weighted by Crippen LogP contribution is 2.30. The minimum atomic E-state index is -0.464. The summed E-state index contributed by atoms with van der Waals surface area (Å²) in [6.07, 6.45) is 2.15. The van der Waals surface area contributed by atoms with Gasteiger partial charge in [-0.25, -0.2) is 4.98 Å². The molecule has 1 aliphatic heterocycles. The lowest BCUT2D eigenvalue weighted by atomic mass is 9.99. The van der Waals surface area contributed by atoms with E-state index in [4.69, 9.17) is 4.98 Å². The molecule has 2 atom stereocenters. The van der Waals surface area contributed by atoms with Gasteiger partial charge in [-0.2, -0.15) is 0 Å². The fourth-order valence-corrected chi connectivity index (χ4v) is 4.82. The molecule has 1 fully saturated rings. The molecule has 3 aromatic rings. The molecule has 2 heterocycles. The summed E-state index contributed by atoms with van der Waals surface area (Å²) in [6, 6.07) is 14.2. The lowest BCUT2D eigenvalue weighted by Crippen LogP contribution is -3.14. The van der Waals surface area contributed by atoms with Gasteiger partial charge in [-0.1, -0.05) is 18.2 Å². The van der Waals surface area contributed by atoms with E-state index in [0.29, 0.717) is 18.2 Å². The van der Waals surface area contributed by atoms with Crippen molar-refractivity contribution in [2.45, 2.75) is 18.8 Å². The molecule has 0 radical (unpaired) electrons. The first-order valence-corrected chi connectivity index (χ1v) is 10.1. The highest BCUT2D eigenvalue weighted by Gasteiger charge is 2.28. The number of thiazole rings is 1. The quantitative estimate of drug-likeness (QED) is 0.512. The Morgan fingerprint density at radius 3 is 2.96 bits per heavy atom. The summed E-state index contributed by atoms with van der Waals surface area (Å²) in [4.78, 5) is 28.8. The molecule has 0 aliphatic carbocycles. The molecule has 28 heavy (non-hydrogen) atoms. The lowest BCUT2D eigenvalue weighted by Gasteiger charge is -2.28. The van der Waals surface area contributed by atoms with Gasteiger partial charge >= 0.3 is 0 Å². The number of anilines is 1. The van der Waals surface area contributed by atoms with Crippen LogP contribution in [0.3, 0.4) is 0 Å². The second-order valence-electron chi connectivity index (χ2n) is 7.10. The van der Waals surface area contributed by atoms with E-state index < -0.39 is 4.92 Å². The van der Waals surface area contributed by atoms with Gasteiger partial charge in [-0.15, -0.1) is 11.3 Å². The number of hydrogen-bond donors (Lipinski definition) is 2. The van der Waals surface area contributed by atoms with E-state index in [1.54, 1.807) is 23.5 Å². The zero-order valence-corrected chi connectivity index (χ0v) is 16.1. The first-order chi connectivity index (χ1) is 13.6. The number of amides is 1. The van der Waals surface area contributed by atoms with Crippen molar-refractivity contribution in [1.29, 1.82) is 0 Å². The maximum atomic E-state index is 12.4. The number of nitrogens with one attached hydrogen (secondary N) is 2. The highest BCUT2D eigenvalue weighted by atomic mass is 32.1. The number of likely N-dealkylation sites (tertiary alicyclic amines) is 1. The molecule has 1 aromatic heterocycles. The third kappa shape index (κ3) is 4.18. The van der Waals surface area contributed by atoms with E-state index in [-0.39, 0.29) is 11.6 Å². The number of nitrogens with zero attached hydrogens (tertiary/aromatic N) is 2. The molecule has 4 rings (SSSR count). The highest BCUT2D eigenvalue weighted by molar-refractivity contribution is 7.18.